The van der Waals surface area contributed by atoms with Crippen molar-refractivity contribution in [3.8, 4) is 0 Å². The molecule has 132 valence electrons. The summed E-state index contributed by atoms with van der Waals surface area (Å²) in [6.07, 6.45) is 1.98. The molecule has 25 heavy (non-hydrogen) atoms. The molecule has 2 aromatic rings. The zero-order valence-corrected chi connectivity index (χ0v) is 15.1. The largest absolute Gasteiger partial charge is 0.332 e. The van der Waals surface area contributed by atoms with Crippen molar-refractivity contribution in [2.75, 3.05) is 13.1 Å². The fourth-order valence-electron chi connectivity index (χ4n) is 3.93. The first kappa shape index (κ1) is 16.3. The number of amides is 2. The van der Waals surface area contributed by atoms with Crippen molar-refractivity contribution in [1.29, 1.82) is 0 Å². The Morgan fingerprint density at radius 3 is 3.04 bits per heavy atom. The molecule has 6 nitrogen and oxygen atoms in total. The summed E-state index contributed by atoms with van der Waals surface area (Å²) in [6.45, 7) is 4.64. The molecule has 7 heteroatoms. The number of piperidine rings is 1. The SMILES string of the molecule is CCc1nc(CNC(=O)N2C[C@@H]3C[C@H](C2)c2cccc(=O)n2C3)cs1. The van der Waals surface area contributed by atoms with Gasteiger partial charge in [-0.25, -0.2) is 9.78 Å². The lowest BCUT2D eigenvalue weighted by Gasteiger charge is -2.42. The van der Waals surface area contributed by atoms with E-state index in [4.69, 9.17) is 0 Å². The number of aromatic nitrogens is 2. The number of hydrogen-bond donors (Lipinski definition) is 1. The topological polar surface area (TPSA) is 67.2 Å². The third kappa shape index (κ3) is 3.20. The van der Waals surface area contributed by atoms with Crippen LogP contribution in [0.5, 0.6) is 0 Å². The van der Waals surface area contributed by atoms with E-state index in [0.717, 1.165) is 29.2 Å². The second kappa shape index (κ2) is 6.63. The third-order valence-electron chi connectivity index (χ3n) is 5.09. The van der Waals surface area contributed by atoms with Crippen LogP contribution in [-0.4, -0.2) is 33.6 Å². The van der Waals surface area contributed by atoms with Crippen LogP contribution in [0.3, 0.4) is 0 Å². The number of urea groups is 1. The van der Waals surface area contributed by atoms with Crippen molar-refractivity contribution in [1.82, 2.24) is 19.8 Å². The predicted molar refractivity (Wildman–Crippen MR) is 96.9 cm³/mol. The van der Waals surface area contributed by atoms with E-state index in [-0.39, 0.29) is 17.5 Å². The van der Waals surface area contributed by atoms with Gasteiger partial charge < -0.3 is 14.8 Å². The van der Waals surface area contributed by atoms with Gasteiger partial charge in [0.15, 0.2) is 0 Å². The average Bonchev–Trinajstić information content (AvgIpc) is 3.08. The van der Waals surface area contributed by atoms with Crippen molar-refractivity contribution < 1.29 is 4.79 Å². The number of rotatable bonds is 3. The Bertz CT molecular complexity index is 844. The summed E-state index contributed by atoms with van der Waals surface area (Å²) >= 11 is 1.64. The Hall–Kier alpha value is -2.15. The maximum absolute atomic E-state index is 12.6. The number of thiazole rings is 1. The van der Waals surface area contributed by atoms with Crippen molar-refractivity contribution in [2.45, 2.75) is 38.8 Å². The van der Waals surface area contributed by atoms with Crippen LogP contribution in [0.4, 0.5) is 4.79 Å². The zero-order chi connectivity index (χ0) is 17.4. The van der Waals surface area contributed by atoms with Gasteiger partial charge in [-0.05, 0) is 24.8 Å². The summed E-state index contributed by atoms with van der Waals surface area (Å²) in [5.74, 6) is 0.598. The highest BCUT2D eigenvalue weighted by atomic mass is 32.1. The first-order valence-corrected chi connectivity index (χ1v) is 9.67. The number of carbonyl (C=O) groups excluding carboxylic acids is 1. The molecule has 0 radical (unpaired) electrons. The Labute approximate surface area is 150 Å². The third-order valence-corrected chi connectivity index (χ3v) is 6.13. The molecule has 1 N–H and O–H groups in total. The quantitative estimate of drug-likeness (QED) is 0.915. The molecule has 4 heterocycles. The van der Waals surface area contributed by atoms with Crippen LogP contribution in [0.2, 0.25) is 0 Å². The summed E-state index contributed by atoms with van der Waals surface area (Å²) in [4.78, 5) is 31.0. The molecule has 2 aliphatic rings. The van der Waals surface area contributed by atoms with Crippen LogP contribution >= 0.6 is 11.3 Å². The standard InChI is InChI=1S/C18H22N4O2S/c1-2-16-20-14(11-25-16)7-19-18(24)21-8-12-6-13(10-21)15-4-3-5-17(23)22(15)9-12/h3-5,11-13H,2,6-10H2,1H3,(H,19,24)/t12-,13+/m0/s1. The number of nitrogens with one attached hydrogen (secondary N) is 1. The molecule has 2 aliphatic heterocycles. The van der Waals surface area contributed by atoms with Gasteiger partial charge in [-0.3, -0.25) is 4.79 Å². The Morgan fingerprint density at radius 1 is 1.36 bits per heavy atom. The van der Waals surface area contributed by atoms with E-state index in [0.29, 0.717) is 32.1 Å². The number of fused-ring (bicyclic) bond motifs is 4. The number of nitrogens with zero attached hydrogens (tertiary/aromatic N) is 3. The molecular formula is C18H22N4O2S. The van der Waals surface area contributed by atoms with Gasteiger partial charge in [0.1, 0.15) is 0 Å². The fraction of sp³-hybridized carbons (Fsp3) is 0.500. The molecule has 0 aliphatic carbocycles. The second-order valence-corrected chi connectivity index (χ2v) is 7.79. The van der Waals surface area contributed by atoms with Crippen molar-refractivity contribution in [3.63, 3.8) is 0 Å². The van der Waals surface area contributed by atoms with Crippen LogP contribution in [0, 0.1) is 5.92 Å². The van der Waals surface area contributed by atoms with Gasteiger partial charge in [-0.15, -0.1) is 11.3 Å². The second-order valence-electron chi connectivity index (χ2n) is 6.85. The van der Waals surface area contributed by atoms with Crippen LogP contribution < -0.4 is 10.9 Å². The van der Waals surface area contributed by atoms with E-state index in [1.807, 2.05) is 27.0 Å². The molecule has 0 aromatic carbocycles. The molecule has 2 bridgehead atoms. The number of likely N-dealkylation sites (tertiary alicyclic amines) is 1. The van der Waals surface area contributed by atoms with Crippen molar-refractivity contribution >= 4 is 17.4 Å². The average molecular weight is 358 g/mol. The molecule has 4 rings (SSSR count). The molecule has 2 aromatic heterocycles. The summed E-state index contributed by atoms with van der Waals surface area (Å²) in [5, 5.41) is 6.10. The molecule has 2 amide bonds. The molecule has 0 unspecified atom stereocenters. The van der Waals surface area contributed by atoms with Gasteiger partial charge in [0.25, 0.3) is 5.56 Å². The normalized spacial score (nSPS) is 21.7. The van der Waals surface area contributed by atoms with Crippen molar-refractivity contribution in [2.24, 2.45) is 5.92 Å². The summed E-state index contributed by atoms with van der Waals surface area (Å²) in [6, 6.07) is 5.42. The van der Waals surface area contributed by atoms with Crippen LogP contribution in [0.25, 0.3) is 0 Å². The minimum absolute atomic E-state index is 0.0347. The Balaban J connectivity index is 1.43. The summed E-state index contributed by atoms with van der Waals surface area (Å²) in [5.41, 5.74) is 2.05. The van der Waals surface area contributed by atoms with E-state index in [2.05, 4.69) is 17.2 Å². The van der Waals surface area contributed by atoms with Crippen LogP contribution in [0.1, 0.15) is 35.7 Å². The van der Waals surface area contributed by atoms with Gasteiger partial charge >= 0.3 is 6.03 Å². The van der Waals surface area contributed by atoms with E-state index in [9.17, 15) is 9.59 Å². The fourth-order valence-corrected chi connectivity index (χ4v) is 4.68. The molecular weight excluding hydrogens is 336 g/mol. The number of aryl methyl sites for hydroxylation is 1. The number of hydrogen-bond acceptors (Lipinski definition) is 4. The number of carbonyl (C=O) groups is 1. The highest BCUT2D eigenvalue weighted by Gasteiger charge is 2.36. The first-order chi connectivity index (χ1) is 12.1. The van der Waals surface area contributed by atoms with Gasteiger partial charge in [-0.1, -0.05) is 13.0 Å². The Kier molecular flexibility index (Phi) is 4.33. The summed E-state index contributed by atoms with van der Waals surface area (Å²) < 4.78 is 1.88. The minimum Gasteiger partial charge on any atom is -0.332 e. The lowest BCUT2D eigenvalue weighted by Crippen LogP contribution is -2.51. The smallest absolute Gasteiger partial charge is 0.317 e. The maximum atomic E-state index is 12.6. The van der Waals surface area contributed by atoms with Gasteiger partial charge in [0, 0.05) is 42.7 Å². The van der Waals surface area contributed by atoms with Gasteiger partial charge in [0.05, 0.1) is 17.2 Å². The summed E-state index contributed by atoms with van der Waals surface area (Å²) in [7, 11) is 0. The van der Waals surface area contributed by atoms with Crippen molar-refractivity contribution in [3.05, 3.63) is 50.3 Å². The predicted octanol–water partition coefficient (Wildman–Crippen LogP) is 2.20. The first-order valence-electron chi connectivity index (χ1n) is 8.80. The van der Waals surface area contributed by atoms with Crippen LogP contribution in [0.15, 0.2) is 28.4 Å². The molecule has 1 saturated heterocycles. The minimum atomic E-state index is -0.0347. The highest BCUT2D eigenvalue weighted by Crippen LogP contribution is 2.34. The molecule has 0 saturated carbocycles. The maximum Gasteiger partial charge on any atom is 0.317 e. The van der Waals surface area contributed by atoms with E-state index >= 15 is 0 Å². The molecule has 0 spiro atoms. The monoisotopic (exact) mass is 358 g/mol. The van der Waals surface area contributed by atoms with Gasteiger partial charge in [-0.2, -0.15) is 0 Å². The lowest BCUT2D eigenvalue weighted by molar-refractivity contribution is 0.131. The zero-order valence-electron chi connectivity index (χ0n) is 14.3. The van der Waals surface area contributed by atoms with E-state index in [1.54, 1.807) is 17.4 Å². The lowest BCUT2D eigenvalue weighted by atomic mass is 9.83. The van der Waals surface area contributed by atoms with E-state index in [1.165, 1.54) is 0 Å². The van der Waals surface area contributed by atoms with E-state index < -0.39 is 0 Å². The Morgan fingerprint density at radius 2 is 2.24 bits per heavy atom. The highest BCUT2D eigenvalue weighted by molar-refractivity contribution is 7.09. The van der Waals surface area contributed by atoms with Crippen LogP contribution in [-0.2, 0) is 19.5 Å². The molecule has 1 fully saturated rings. The van der Waals surface area contributed by atoms with Gasteiger partial charge in [0.2, 0.25) is 0 Å². The number of pyridine rings is 1. The molecule has 2 atom stereocenters.